The molecule has 3 atom stereocenters. The number of carbonyl (C=O) groups excluding carboxylic acids is 1. The van der Waals surface area contributed by atoms with Gasteiger partial charge in [-0.25, -0.2) is 0 Å². The molecule has 4 aliphatic carbocycles. The maximum atomic E-state index is 11.2. The van der Waals surface area contributed by atoms with Crippen molar-refractivity contribution in [3.63, 3.8) is 0 Å². The van der Waals surface area contributed by atoms with E-state index in [0.29, 0.717) is 18.8 Å². The number of allylic oxidation sites excluding steroid dienone is 2. The molecule has 14 heavy (non-hydrogen) atoms. The van der Waals surface area contributed by atoms with E-state index in [1.165, 1.54) is 0 Å². The summed E-state index contributed by atoms with van der Waals surface area (Å²) in [5, 5.41) is 9.22. The third-order valence-electron chi connectivity index (χ3n) is 4.22. The Bertz CT molecular complexity index is 371. The fraction of sp³-hybridized carbons (Fsp3) is 0.636. The van der Waals surface area contributed by atoms with E-state index >= 15 is 0 Å². The molecule has 0 saturated heterocycles. The molecule has 2 saturated carbocycles. The van der Waals surface area contributed by atoms with E-state index in [0.717, 1.165) is 24.7 Å². The third kappa shape index (κ3) is 0.703. The zero-order valence-electron chi connectivity index (χ0n) is 7.82. The van der Waals surface area contributed by atoms with Crippen LogP contribution in [-0.4, -0.2) is 17.4 Å². The quantitative estimate of drug-likeness (QED) is 0.531. The maximum Gasteiger partial charge on any atom is 0.310 e. The van der Waals surface area contributed by atoms with Gasteiger partial charge in [-0.2, -0.15) is 0 Å². The molecular formula is C11H12O3. The van der Waals surface area contributed by atoms with Crippen LogP contribution < -0.4 is 0 Å². The van der Waals surface area contributed by atoms with E-state index < -0.39 is 11.4 Å². The molecule has 1 N–H and O–H groups in total. The normalized spacial score (nSPS) is 48.0. The smallest absolute Gasteiger partial charge is 0.310 e. The van der Waals surface area contributed by atoms with Gasteiger partial charge in [0, 0.05) is 5.41 Å². The molecule has 3 heteroatoms. The highest BCUT2D eigenvalue weighted by Crippen LogP contribution is 2.66. The van der Waals surface area contributed by atoms with E-state index in [-0.39, 0.29) is 5.41 Å². The molecule has 3 unspecified atom stereocenters. The van der Waals surface area contributed by atoms with Gasteiger partial charge in [0.05, 0.1) is 5.41 Å². The minimum Gasteiger partial charge on any atom is -0.481 e. The van der Waals surface area contributed by atoms with Gasteiger partial charge in [0.15, 0.2) is 0 Å². The second-order valence-corrected chi connectivity index (χ2v) is 5.07. The Hall–Kier alpha value is -1.12. The van der Waals surface area contributed by atoms with Crippen LogP contribution in [0.25, 0.3) is 0 Å². The Morgan fingerprint density at radius 1 is 1.57 bits per heavy atom. The first-order chi connectivity index (χ1) is 6.60. The summed E-state index contributed by atoms with van der Waals surface area (Å²) in [5.41, 5.74) is 0.112. The van der Waals surface area contributed by atoms with Crippen LogP contribution in [0.4, 0.5) is 0 Å². The predicted molar refractivity (Wildman–Crippen MR) is 48.6 cm³/mol. The first-order valence-electron chi connectivity index (χ1n) is 5.01. The zero-order valence-corrected chi connectivity index (χ0v) is 7.82. The van der Waals surface area contributed by atoms with Gasteiger partial charge in [0.2, 0.25) is 0 Å². The number of carbonyl (C=O) groups is 2. The van der Waals surface area contributed by atoms with Crippen LogP contribution in [-0.2, 0) is 9.59 Å². The van der Waals surface area contributed by atoms with Gasteiger partial charge in [-0.3, -0.25) is 4.79 Å². The SMILES string of the molecule is O=CC12CC3C=C1CC(C(=O)O)(C3)C2. The van der Waals surface area contributed by atoms with E-state index in [2.05, 4.69) is 6.08 Å². The number of aliphatic carboxylic acids is 1. The fourth-order valence-electron chi connectivity index (χ4n) is 3.74. The highest BCUT2D eigenvalue weighted by molar-refractivity contribution is 5.82. The van der Waals surface area contributed by atoms with Crippen LogP contribution in [0.3, 0.4) is 0 Å². The second kappa shape index (κ2) is 2.10. The van der Waals surface area contributed by atoms with Gasteiger partial charge in [0.1, 0.15) is 6.29 Å². The molecule has 0 aromatic carbocycles. The first-order valence-corrected chi connectivity index (χ1v) is 5.01. The van der Waals surface area contributed by atoms with Crippen molar-refractivity contribution in [2.45, 2.75) is 25.7 Å². The molecular weight excluding hydrogens is 180 g/mol. The minimum atomic E-state index is -0.712. The van der Waals surface area contributed by atoms with Crippen molar-refractivity contribution in [3.8, 4) is 0 Å². The van der Waals surface area contributed by atoms with E-state index in [1.807, 2.05) is 0 Å². The Labute approximate surface area is 81.8 Å². The lowest BCUT2D eigenvalue weighted by molar-refractivity contribution is -0.151. The van der Waals surface area contributed by atoms with Gasteiger partial charge >= 0.3 is 5.97 Å². The molecule has 4 rings (SSSR count). The average Bonchev–Trinajstić information content (AvgIpc) is 2.51. The lowest BCUT2D eigenvalue weighted by atomic mass is 9.67. The first kappa shape index (κ1) is 8.21. The van der Waals surface area contributed by atoms with Crippen molar-refractivity contribution in [3.05, 3.63) is 11.6 Å². The minimum absolute atomic E-state index is 0.341. The number of carboxylic acid groups (broad SMARTS) is 1. The van der Waals surface area contributed by atoms with Gasteiger partial charge in [-0.05, 0) is 31.6 Å². The van der Waals surface area contributed by atoms with Crippen LogP contribution in [0.5, 0.6) is 0 Å². The van der Waals surface area contributed by atoms with Gasteiger partial charge in [-0.15, -0.1) is 0 Å². The standard InChI is InChI=1S/C11H12O3/c12-6-11-3-7-1-8(11)4-10(2-7,5-11)9(13)14/h1,6-7H,2-5H2,(H,13,14). The van der Waals surface area contributed by atoms with Crippen LogP contribution >= 0.6 is 0 Å². The largest absolute Gasteiger partial charge is 0.481 e. The monoisotopic (exact) mass is 192 g/mol. The van der Waals surface area contributed by atoms with E-state index in [1.54, 1.807) is 0 Å². The van der Waals surface area contributed by atoms with Gasteiger partial charge < -0.3 is 9.90 Å². The molecule has 74 valence electrons. The molecule has 3 nitrogen and oxygen atoms in total. The number of rotatable bonds is 2. The van der Waals surface area contributed by atoms with Crippen molar-refractivity contribution in [1.82, 2.24) is 0 Å². The Morgan fingerprint density at radius 2 is 2.36 bits per heavy atom. The summed E-state index contributed by atoms with van der Waals surface area (Å²) in [7, 11) is 0. The van der Waals surface area contributed by atoms with Crippen molar-refractivity contribution in [1.29, 1.82) is 0 Å². The summed E-state index contributed by atoms with van der Waals surface area (Å²) in [4.78, 5) is 22.3. The van der Waals surface area contributed by atoms with Gasteiger partial charge in [0.25, 0.3) is 0 Å². The lowest BCUT2D eigenvalue weighted by Gasteiger charge is -2.35. The van der Waals surface area contributed by atoms with E-state index in [4.69, 9.17) is 0 Å². The molecule has 4 bridgehead atoms. The summed E-state index contributed by atoms with van der Waals surface area (Å²) in [5.74, 6) is -0.370. The molecule has 0 aromatic heterocycles. The number of carboxylic acids is 1. The van der Waals surface area contributed by atoms with Crippen LogP contribution in [0.15, 0.2) is 11.6 Å². The molecule has 0 spiro atoms. The Balaban J connectivity index is 2.11. The summed E-state index contributed by atoms with van der Waals surface area (Å²) in [6.07, 6.45) is 5.88. The second-order valence-electron chi connectivity index (χ2n) is 5.07. The zero-order chi connectivity index (χ0) is 9.97. The highest BCUT2D eigenvalue weighted by atomic mass is 16.4. The topological polar surface area (TPSA) is 54.4 Å². The summed E-state index contributed by atoms with van der Waals surface area (Å²) in [6.45, 7) is 0. The number of aldehydes is 1. The lowest BCUT2D eigenvalue weighted by Crippen LogP contribution is -2.37. The van der Waals surface area contributed by atoms with Gasteiger partial charge in [-0.1, -0.05) is 11.6 Å². The van der Waals surface area contributed by atoms with E-state index in [9.17, 15) is 14.7 Å². The summed E-state index contributed by atoms with van der Waals surface area (Å²) in [6, 6.07) is 0. The molecule has 2 fully saturated rings. The average molecular weight is 192 g/mol. The third-order valence-corrected chi connectivity index (χ3v) is 4.22. The molecule has 0 radical (unpaired) electrons. The van der Waals surface area contributed by atoms with Crippen molar-refractivity contribution in [2.75, 3.05) is 0 Å². The summed E-state index contributed by atoms with van der Waals surface area (Å²) >= 11 is 0. The number of hydrogen-bond donors (Lipinski definition) is 1. The molecule has 0 aromatic rings. The summed E-state index contributed by atoms with van der Waals surface area (Å²) < 4.78 is 0. The molecule has 4 aliphatic rings. The highest BCUT2D eigenvalue weighted by Gasteiger charge is 2.63. The van der Waals surface area contributed by atoms with Crippen molar-refractivity contribution >= 4 is 12.3 Å². The number of hydrogen-bond acceptors (Lipinski definition) is 2. The Kier molecular flexibility index (Phi) is 1.23. The Morgan fingerprint density at radius 3 is 2.93 bits per heavy atom. The van der Waals surface area contributed by atoms with Crippen molar-refractivity contribution in [2.24, 2.45) is 16.7 Å². The molecule has 0 amide bonds. The fourth-order valence-corrected chi connectivity index (χ4v) is 3.74. The van der Waals surface area contributed by atoms with Crippen LogP contribution in [0.2, 0.25) is 0 Å². The maximum absolute atomic E-state index is 11.2. The predicted octanol–water partition coefficient (Wildman–Crippen LogP) is 1.39. The van der Waals surface area contributed by atoms with Crippen molar-refractivity contribution < 1.29 is 14.7 Å². The van der Waals surface area contributed by atoms with Crippen LogP contribution in [0, 0.1) is 16.7 Å². The van der Waals surface area contributed by atoms with Crippen LogP contribution in [0.1, 0.15) is 25.7 Å². The molecule has 0 aliphatic heterocycles. The molecule has 0 heterocycles.